The van der Waals surface area contributed by atoms with Gasteiger partial charge in [0.05, 0.1) is 5.02 Å². The molecule has 0 aromatic carbocycles. The van der Waals surface area contributed by atoms with Crippen LogP contribution >= 0.6 is 23.4 Å². The van der Waals surface area contributed by atoms with Gasteiger partial charge in [0.25, 0.3) is 0 Å². The summed E-state index contributed by atoms with van der Waals surface area (Å²) in [7, 11) is 0. The molecule has 3 heterocycles. The van der Waals surface area contributed by atoms with Gasteiger partial charge < -0.3 is 0 Å². The smallest absolute Gasteiger partial charge is 0.160 e. The fraction of sp³-hybridized carbons (Fsp3) is 0.500. The summed E-state index contributed by atoms with van der Waals surface area (Å²) in [5, 5.41) is 9.86. The van der Waals surface area contributed by atoms with Crippen molar-refractivity contribution in [1.29, 1.82) is 0 Å². The van der Waals surface area contributed by atoms with Gasteiger partial charge in [-0.3, -0.25) is 4.40 Å². The minimum absolute atomic E-state index is 0.690. The molecule has 0 radical (unpaired) electrons. The van der Waals surface area contributed by atoms with E-state index in [9.17, 15) is 0 Å². The van der Waals surface area contributed by atoms with Gasteiger partial charge in [0.2, 0.25) is 0 Å². The van der Waals surface area contributed by atoms with E-state index in [1.807, 2.05) is 22.7 Å². The molecule has 3 rings (SSSR count). The maximum absolute atomic E-state index is 6.01. The Morgan fingerprint density at radius 2 is 2.29 bits per heavy atom. The quantitative estimate of drug-likeness (QED) is 0.837. The molecule has 3 nitrogen and oxygen atoms in total. The number of fused-ring (bicyclic) bond motifs is 1. The Morgan fingerprint density at radius 3 is 3.12 bits per heavy atom. The van der Waals surface area contributed by atoms with Crippen molar-refractivity contribution >= 4 is 29.0 Å². The number of aromatic nitrogens is 3. The van der Waals surface area contributed by atoms with Crippen molar-refractivity contribution in [2.24, 2.45) is 0 Å². The van der Waals surface area contributed by atoms with Gasteiger partial charge in [-0.25, -0.2) is 0 Å². The summed E-state index contributed by atoms with van der Waals surface area (Å²) in [6.45, 7) is 0. The average molecular weight is 268 g/mol. The van der Waals surface area contributed by atoms with Crippen molar-refractivity contribution in [3.8, 4) is 0 Å². The first-order chi connectivity index (χ1) is 8.33. The van der Waals surface area contributed by atoms with Gasteiger partial charge in [0.15, 0.2) is 5.65 Å². The lowest BCUT2D eigenvalue weighted by Gasteiger charge is -2.20. The van der Waals surface area contributed by atoms with Crippen LogP contribution in [0.4, 0.5) is 0 Å². The second-order valence-electron chi connectivity index (χ2n) is 4.38. The van der Waals surface area contributed by atoms with Crippen LogP contribution in [0.15, 0.2) is 18.3 Å². The molecule has 2 aromatic heterocycles. The summed E-state index contributed by atoms with van der Waals surface area (Å²) in [6, 6.07) is 3.76. The number of thioether (sulfide) groups is 1. The Bertz CT molecular complexity index is 519. The summed E-state index contributed by atoms with van der Waals surface area (Å²) in [6.07, 6.45) is 6.88. The van der Waals surface area contributed by atoms with E-state index in [-0.39, 0.29) is 0 Å². The molecular formula is C12H14ClN3S. The predicted octanol–water partition coefficient (Wildman–Crippen LogP) is 3.21. The molecule has 2 aromatic rings. The highest BCUT2D eigenvalue weighted by molar-refractivity contribution is 7.99. The third-order valence-electron chi connectivity index (χ3n) is 3.12. The molecule has 1 unspecified atom stereocenters. The van der Waals surface area contributed by atoms with Crippen molar-refractivity contribution in [3.63, 3.8) is 0 Å². The highest BCUT2D eigenvalue weighted by atomic mass is 35.5. The van der Waals surface area contributed by atoms with E-state index in [0.717, 1.165) is 22.9 Å². The SMILES string of the molecule is Clc1ccc2nnc(CC3CCCCS3)n2c1. The maximum atomic E-state index is 6.01. The van der Waals surface area contributed by atoms with Crippen molar-refractivity contribution in [3.05, 3.63) is 29.2 Å². The fourth-order valence-electron chi connectivity index (χ4n) is 2.22. The molecule has 17 heavy (non-hydrogen) atoms. The molecule has 0 aliphatic carbocycles. The number of pyridine rings is 1. The molecule has 5 heteroatoms. The third kappa shape index (κ3) is 2.43. The van der Waals surface area contributed by atoms with Gasteiger partial charge in [0.1, 0.15) is 5.82 Å². The van der Waals surface area contributed by atoms with Crippen LogP contribution in [0.5, 0.6) is 0 Å². The lowest BCUT2D eigenvalue weighted by Crippen LogP contribution is -2.14. The molecule has 0 N–H and O–H groups in total. The van der Waals surface area contributed by atoms with Crippen LogP contribution in [0.1, 0.15) is 25.1 Å². The van der Waals surface area contributed by atoms with Gasteiger partial charge in [0, 0.05) is 17.9 Å². The van der Waals surface area contributed by atoms with E-state index in [0.29, 0.717) is 5.25 Å². The number of rotatable bonds is 2. The number of halogens is 1. The zero-order valence-corrected chi connectivity index (χ0v) is 11.0. The number of hydrogen-bond donors (Lipinski definition) is 0. The topological polar surface area (TPSA) is 30.2 Å². The van der Waals surface area contributed by atoms with Crippen LogP contribution < -0.4 is 0 Å². The summed E-state index contributed by atoms with van der Waals surface area (Å²) in [5.74, 6) is 2.31. The lowest BCUT2D eigenvalue weighted by molar-refractivity contribution is 0.645. The first-order valence-electron chi connectivity index (χ1n) is 5.94. The van der Waals surface area contributed by atoms with Crippen LogP contribution in [-0.4, -0.2) is 25.6 Å². The van der Waals surface area contributed by atoms with E-state index < -0.39 is 0 Å². The molecule has 1 atom stereocenters. The van der Waals surface area contributed by atoms with Gasteiger partial charge in [-0.15, -0.1) is 10.2 Å². The normalized spacial score (nSPS) is 20.9. The molecule has 1 saturated heterocycles. The van der Waals surface area contributed by atoms with Crippen molar-refractivity contribution < 1.29 is 0 Å². The average Bonchev–Trinajstić information content (AvgIpc) is 2.73. The monoisotopic (exact) mass is 267 g/mol. The van der Waals surface area contributed by atoms with Crippen molar-refractivity contribution in [2.45, 2.75) is 30.9 Å². The van der Waals surface area contributed by atoms with Gasteiger partial charge in [-0.1, -0.05) is 18.0 Å². The molecule has 0 bridgehead atoms. The molecule has 1 aliphatic rings. The van der Waals surface area contributed by atoms with Crippen LogP contribution in [0.3, 0.4) is 0 Å². The third-order valence-corrected chi connectivity index (χ3v) is 4.74. The molecule has 1 fully saturated rings. The second-order valence-corrected chi connectivity index (χ2v) is 6.23. The summed E-state index contributed by atoms with van der Waals surface area (Å²) < 4.78 is 2.01. The molecule has 0 spiro atoms. The summed E-state index contributed by atoms with van der Waals surface area (Å²) in [4.78, 5) is 0. The van der Waals surface area contributed by atoms with E-state index in [2.05, 4.69) is 22.0 Å². The Morgan fingerprint density at radius 1 is 1.35 bits per heavy atom. The van der Waals surface area contributed by atoms with Crippen LogP contribution in [-0.2, 0) is 6.42 Å². The van der Waals surface area contributed by atoms with Crippen LogP contribution in [0.2, 0.25) is 5.02 Å². The predicted molar refractivity (Wildman–Crippen MR) is 71.8 cm³/mol. The van der Waals surface area contributed by atoms with Gasteiger partial charge >= 0.3 is 0 Å². The molecular weight excluding hydrogens is 254 g/mol. The molecule has 1 aliphatic heterocycles. The molecule has 0 amide bonds. The number of hydrogen-bond acceptors (Lipinski definition) is 3. The van der Waals surface area contributed by atoms with Crippen LogP contribution in [0, 0.1) is 0 Å². The standard InChI is InChI=1S/C12H14ClN3S/c13-9-4-5-11-14-15-12(16(11)8-9)7-10-3-1-2-6-17-10/h4-5,8,10H,1-3,6-7H2. The molecule has 90 valence electrons. The fourth-order valence-corrected chi connectivity index (χ4v) is 3.69. The first kappa shape index (κ1) is 11.4. The van der Waals surface area contributed by atoms with E-state index in [1.165, 1.54) is 25.0 Å². The maximum Gasteiger partial charge on any atom is 0.160 e. The largest absolute Gasteiger partial charge is 0.285 e. The van der Waals surface area contributed by atoms with Crippen molar-refractivity contribution in [2.75, 3.05) is 5.75 Å². The Balaban J connectivity index is 1.86. The van der Waals surface area contributed by atoms with E-state index in [1.54, 1.807) is 0 Å². The van der Waals surface area contributed by atoms with E-state index >= 15 is 0 Å². The Kier molecular flexibility index (Phi) is 3.25. The van der Waals surface area contributed by atoms with E-state index in [4.69, 9.17) is 11.6 Å². The molecule has 0 saturated carbocycles. The first-order valence-corrected chi connectivity index (χ1v) is 7.36. The van der Waals surface area contributed by atoms with Crippen molar-refractivity contribution in [1.82, 2.24) is 14.6 Å². The summed E-state index contributed by atoms with van der Waals surface area (Å²) in [5.41, 5.74) is 0.880. The Labute approximate surface area is 110 Å². The van der Waals surface area contributed by atoms with Crippen LogP contribution in [0.25, 0.3) is 5.65 Å². The highest BCUT2D eigenvalue weighted by Crippen LogP contribution is 2.27. The minimum Gasteiger partial charge on any atom is -0.285 e. The Hall–Kier alpha value is -0.740. The summed E-state index contributed by atoms with van der Waals surface area (Å²) >= 11 is 8.07. The van der Waals surface area contributed by atoms with Gasteiger partial charge in [-0.2, -0.15) is 11.8 Å². The zero-order chi connectivity index (χ0) is 11.7. The second kappa shape index (κ2) is 4.86. The van der Waals surface area contributed by atoms with Gasteiger partial charge in [-0.05, 0) is 30.7 Å². The minimum atomic E-state index is 0.690. The lowest BCUT2D eigenvalue weighted by atomic mass is 10.1. The zero-order valence-electron chi connectivity index (χ0n) is 9.47. The highest BCUT2D eigenvalue weighted by Gasteiger charge is 2.17. The number of nitrogens with zero attached hydrogens (tertiary/aromatic N) is 3.